The Morgan fingerprint density at radius 2 is 2.50 bits per heavy atom. The molecule has 4 heteroatoms. The Morgan fingerprint density at radius 3 is 3.36 bits per heavy atom. The lowest BCUT2D eigenvalue weighted by Gasteiger charge is -2.40. The van der Waals surface area contributed by atoms with E-state index in [0.717, 1.165) is 5.96 Å². The molecular weight excluding hydrogens is 198 g/mol. The molecule has 2 heterocycles. The van der Waals surface area contributed by atoms with E-state index in [2.05, 4.69) is 15.2 Å². The summed E-state index contributed by atoms with van der Waals surface area (Å²) in [6.45, 7) is 0. The second-order valence-electron chi connectivity index (χ2n) is 4.21. The zero-order valence-electron chi connectivity index (χ0n) is 8.04. The Bertz CT molecular complexity index is 310. The highest BCUT2D eigenvalue weighted by atomic mass is 35.5. The van der Waals surface area contributed by atoms with Crippen LogP contribution in [0.15, 0.2) is 16.9 Å². The van der Waals surface area contributed by atoms with Crippen molar-refractivity contribution in [1.82, 2.24) is 10.2 Å². The molecule has 14 heavy (non-hydrogen) atoms. The van der Waals surface area contributed by atoms with Gasteiger partial charge in [0.2, 0.25) is 5.96 Å². The highest BCUT2D eigenvalue weighted by molar-refractivity contribution is 6.19. The predicted molar refractivity (Wildman–Crippen MR) is 57.3 cm³/mol. The summed E-state index contributed by atoms with van der Waals surface area (Å²) in [6.07, 6.45) is 7.04. The van der Waals surface area contributed by atoms with Gasteiger partial charge in [0.25, 0.3) is 0 Å². The molecule has 2 aliphatic heterocycles. The minimum Gasteiger partial charge on any atom is -0.331 e. The van der Waals surface area contributed by atoms with Crippen LogP contribution in [0.1, 0.15) is 25.7 Å². The maximum Gasteiger partial charge on any atom is 0.202 e. The van der Waals surface area contributed by atoms with Crippen molar-refractivity contribution in [3.8, 4) is 0 Å². The van der Waals surface area contributed by atoms with Crippen molar-refractivity contribution in [2.45, 2.75) is 37.8 Å². The Morgan fingerprint density at radius 1 is 1.57 bits per heavy atom. The van der Waals surface area contributed by atoms with Gasteiger partial charge in [0.1, 0.15) is 0 Å². The van der Waals surface area contributed by atoms with Crippen LogP contribution in [0.4, 0.5) is 0 Å². The molecule has 1 unspecified atom stereocenters. The SMILES string of the molecule is ClCC1=CNC2=N[C@H]3CCCC(C3)N12. The van der Waals surface area contributed by atoms with E-state index in [1.54, 1.807) is 0 Å². The van der Waals surface area contributed by atoms with Crippen LogP contribution in [0.2, 0.25) is 0 Å². The topological polar surface area (TPSA) is 27.6 Å². The molecule has 0 aromatic rings. The summed E-state index contributed by atoms with van der Waals surface area (Å²) in [5, 5.41) is 3.22. The molecule has 1 aliphatic carbocycles. The lowest BCUT2D eigenvalue weighted by Crippen LogP contribution is -2.48. The van der Waals surface area contributed by atoms with Gasteiger partial charge in [-0.2, -0.15) is 0 Å². The van der Waals surface area contributed by atoms with Gasteiger partial charge in [0.15, 0.2) is 0 Å². The summed E-state index contributed by atoms with van der Waals surface area (Å²) in [4.78, 5) is 6.98. The van der Waals surface area contributed by atoms with Crippen molar-refractivity contribution < 1.29 is 0 Å². The Kier molecular flexibility index (Phi) is 1.94. The van der Waals surface area contributed by atoms with E-state index in [9.17, 15) is 0 Å². The number of rotatable bonds is 1. The van der Waals surface area contributed by atoms with Gasteiger partial charge in [0.05, 0.1) is 17.6 Å². The van der Waals surface area contributed by atoms with Gasteiger partial charge in [-0.25, -0.2) is 4.99 Å². The van der Waals surface area contributed by atoms with Crippen molar-refractivity contribution in [2.75, 3.05) is 5.88 Å². The Hall–Kier alpha value is -0.700. The number of alkyl halides is 1. The molecule has 0 aromatic carbocycles. The highest BCUT2D eigenvalue weighted by Gasteiger charge is 2.37. The maximum absolute atomic E-state index is 5.90. The number of guanidine groups is 1. The molecule has 2 atom stereocenters. The molecule has 2 bridgehead atoms. The van der Waals surface area contributed by atoms with Gasteiger partial charge in [-0.05, 0) is 25.7 Å². The summed E-state index contributed by atoms with van der Waals surface area (Å²) in [7, 11) is 0. The smallest absolute Gasteiger partial charge is 0.202 e. The summed E-state index contributed by atoms with van der Waals surface area (Å²) in [5.74, 6) is 1.61. The molecule has 0 saturated heterocycles. The fourth-order valence-corrected chi connectivity index (χ4v) is 2.90. The largest absolute Gasteiger partial charge is 0.331 e. The quantitative estimate of drug-likeness (QED) is 0.668. The van der Waals surface area contributed by atoms with Gasteiger partial charge >= 0.3 is 0 Å². The standard InChI is InChI=1S/C10H14ClN3/c11-5-9-6-12-10-13-7-2-1-3-8(4-7)14(9)10/h6-8H,1-5H2,(H,12,13)/t7-,8?/m0/s1. The van der Waals surface area contributed by atoms with Crippen LogP contribution in [-0.4, -0.2) is 28.8 Å². The molecule has 0 aromatic heterocycles. The molecule has 0 amide bonds. The van der Waals surface area contributed by atoms with Crippen molar-refractivity contribution in [3.05, 3.63) is 11.9 Å². The first kappa shape index (κ1) is 8.60. The third kappa shape index (κ3) is 1.15. The molecule has 76 valence electrons. The van der Waals surface area contributed by atoms with E-state index in [-0.39, 0.29) is 0 Å². The average molecular weight is 212 g/mol. The summed E-state index contributed by atoms with van der Waals surface area (Å²) in [5.41, 5.74) is 1.18. The first-order valence-corrected chi connectivity index (χ1v) is 5.80. The highest BCUT2D eigenvalue weighted by Crippen LogP contribution is 2.33. The average Bonchev–Trinajstić information content (AvgIpc) is 2.61. The van der Waals surface area contributed by atoms with Gasteiger partial charge in [-0.3, -0.25) is 0 Å². The summed E-state index contributed by atoms with van der Waals surface area (Å²) >= 11 is 5.90. The lowest BCUT2D eigenvalue weighted by molar-refractivity contribution is 0.243. The number of hydrogen-bond acceptors (Lipinski definition) is 3. The molecule has 3 nitrogen and oxygen atoms in total. The number of nitrogens with one attached hydrogen (secondary N) is 1. The van der Waals surface area contributed by atoms with Crippen LogP contribution in [-0.2, 0) is 0 Å². The van der Waals surface area contributed by atoms with E-state index in [0.29, 0.717) is 18.0 Å². The van der Waals surface area contributed by atoms with E-state index in [4.69, 9.17) is 11.6 Å². The van der Waals surface area contributed by atoms with E-state index < -0.39 is 0 Å². The van der Waals surface area contributed by atoms with Crippen LogP contribution in [0.3, 0.4) is 0 Å². The van der Waals surface area contributed by atoms with E-state index in [1.165, 1.54) is 31.4 Å². The molecule has 0 radical (unpaired) electrons. The molecule has 1 fully saturated rings. The second-order valence-corrected chi connectivity index (χ2v) is 4.48. The third-order valence-electron chi connectivity index (χ3n) is 3.33. The normalized spacial score (nSPS) is 34.5. The van der Waals surface area contributed by atoms with Crippen LogP contribution >= 0.6 is 11.6 Å². The van der Waals surface area contributed by atoms with Gasteiger partial charge < -0.3 is 10.2 Å². The number of allylic oxidation sites excluding steroid dienone is 1. The van der Waals surface area contributed by atoms with E-state index >= 15 is 0 Å². The zero-order chi connectivity index (χ0) is 9.54. The molecular formula is C10H14ClN3. The van der Waals surface area contributed by atoms with E-state index in [1.807, 2.05) is 6.20 Å². The van der Waals surface area contributed by atoms with Crippen LogP contribution < -0.4 is 5.32 Å². The summed E-state index contributed by atoms with van der Waals surface area (Å²) in [6, 6.07) is 1.19. The van der Waals surface area contributed by atoms with Crippen molar-refractivity contribution >= 4 is 17.6 Å². The number of aliphatic imine (C=N–C) groups is 1. The number of nitrogens with zero attached hydrogens (tertiary/aromatic N) is 2. The second kappa shape index (κ2) is 3.16. The molecule has 3 rings (SSSR count). The number of hydrogen-bond donors (Lipinski definition) is 1. The van der Waals surface area contributed by atoms with Crippen molar-refractivity contribution in [1.29, 1.82) is 0 Å². The summed E-state index contributed by atoms with van der Waals surface area (Å²) < 4.78 is 0. The Labute approximate surface area is 88.8 Å². The molecule has 3 aliphatic rings. The van der Waals surface area contributed by atoms with Crippen LogP contribution in [0.5, 0.6) is 0 Å². The van der Waals surface area contributed by atoms with Crippen molar-refractivity contribution in [2.24, 2.45) is 4.99 Å². The number of fused-ring (bicyclic) bond motifs is 4. The van der Waals surface area contributed by atoms with Crippen LogP contribution in [0.25, 0.3) is 0 Å². The zero-order valence-corrected chi connectivity index (χ0v) is 8.80. The minimum absolute atomic E-state index is 0.551. The Balaban J connectivity index is 1.94. The monoisotopic (exact) mass is 211 g/mol. The predicted octanol–water partition coefficient (Wildman–Crippen LogP) is 1.65. The first-order valence-electron chi connectivity index (χ1n) is 5.27. The third-order valence-corrected chi connectivity index (χ3v) is 3.61. The number of halogens is 1. The fourth-order valence-electron chi connectivity index (χ4n) is 2.70. The molecule has 1 N–H and O–H groups in total. The maximum atomic E-state index is 5.90. The van der Waals surface area contributed by atoms with Gasteiger partial charge in [-0.15, -0.1) is 11.6 Å². The molecule has 1 saturated carbocycles. The fraction of sp³-hybridized carbons (Fsp3) is 0.700. The molecule has 0 spiro atoms. The van der Waals surface area contributed by atoms with Crippen molar-refractivity contribution in [3.63, 3.8) is 0 Å². The van der Waals surface area contributed by atoms with Gasteiger partial charge in [-0.1, -0.05) is 0 Å². The van der Waals surface area contributed by atoms with Crippen LogP contribution in [0, 0.1) is 0 Å². The van der Waals surface area contributed by atoms with Gasteiger partial charge in [0, 0.05) is 12.2 Å². The minimum atomic E-state index is 0.551. The lowest BCUT2D eigenvalue weighted by atomic mass is 9.89. The first-order chi connectivity index (χ1) is 6.88.